The molecule has 198 valence electrons. The van der Waals surface area contributed by atoms with Crippen molar-refractivity contribution in [2.24, 2.45) is 16.7 Å². The number of aryl methyl sites for hydroxylation is 1. The molecule has 2 aromatic heterocycles. The molecule has 38 heavy (non-hydrogen) atoms. The molecule has 1 spiro atoms. The molecule has 1 saturated carbocycles. The second kappa shape index (κ2) is 8.62. The van der Waals surface area contributed by atoms with Crippen molar-refractivity contribution in [3.8, 4) is 5.75 Å². The fourth-order valence-electron chi connectivity index (χ4n) is 6.42. The molecule has 1 aliphatic carbocycles. The van der Waals surface area contributed by atoms with E-state index < -0.39 is 0 Å². The second-order valence-electron chi connectivity index (χ2n) is 12.0. The molecule has 7 rings (SSSR count). The smallest absolute Gasteiger partial charge is 0.265 e. The van der Waals surface area contributed by atoms with E-state index in [4.69, 9.17) is 9.15 Å². The van der Waals surface area contributed by atoms with E-state index in [-0.39, 0.29) is 34.5 Å². The summed E-state index contributed by atoms with van der Waals surface area (Å²) in [4.78, 5) is 34.8. The van der Waals surface area contributed by atoms with Crippen LogP contribution in [0.4, 0.5) is 0 Å². The Labute approximate surface area is 225 Å². The zero-order chi connectivity index (χ0) is 26.1. The Morgan fingerprint density at radius 3 is 2.74 bits per heavy atom. The van der Waals surface area contributed by atoms with E-state index in [1.165, 1.54) is 16.9 Å². The number of hydrogen-bond donors (Lipinski definition) is 0. The molecule has 0 bridgehead atoms. The standard InChI is InChI=1S/C28H31N5O4S/c1-27(2)10-19(27)25(34)33-14-28(15-33)13-32(26(35)22-11-29-16-38-22)12-20(28)24-31-30-23(37-24)9-17-5-6-21-18(8-17)4-3-7-36-21/h5-6,8,11,16,19-20H,3-4,7,9-10,12-15H2,1-2H3. The highest BCUT2D eigenvalue weighted by Gasteiger charge is 2.61. The van der Waals surface area contributed by atoms with E-state index in [0.717, 1.165) is 37.2 Å². The molecular formula is C28H31N5O4S. The van der Waals surface area contributed by atoms with Crippen molar-refractivity contribution in [3.05, 3.63) is 57.7 Å². The summed E-state index contributed by atoms with van der Waals surface area (Å²) in [5.41, 5.74) is 3.82. The highest BCUT2D eigenvalue weighted by atomic mass is 32.1. The van der Waals surface area contributed by atoms with E-state index >= 15 is 0 Å². The predicted octanol–water partition coefficient (Wildman–Crippen LogP) is 3.56. The first-order chi connectivity index (χ1) is 18.3. The predicted molar refractivity (Wildman–Crippen MR) is 139 cm³/mol. The maximum atomic E-state index is 13.2. The van der Waals surface area contributed by atoms with Crippen LogP contribution in [0.1, 0.15) is 65.2 Å². The SMILES string of the molecule is CC1(C)CC1C(=O)N1CC2(CN(C(=O)c3cncs3)CC2c2nnc(Cc3ccc4c(c3)CCCO4)o2)C1. The number of nitrogens with zero attached hydrogens (tertiary/aromatic N) is 5. The molecule has 0 N–H and O–H groups in total. The lowest BCUT2D eigenvalue weighted by Gasteiger charge is -2.50. The van der Waals surface area contributed by atoms with Gasteiger partial charge >= 0.3 is 0 Å². The van der Waals surface area contributed by atoms with Gasteiger partial charge in [-0.25, -0.2) is 0 Å². The fourth-order valence-corrected chi connectivity index (χ4v) is 7.00. The van der Waals surface area contributed by atoms with E-state index in [0.29, 0.717) is 49.3 Å². The summed E-state index contributed by atoms with van der Waals surface area (Å²) >= 11 is 1.35. The summed E-state index contributed by atoms with van der Waals surface area (Å²) in [6, 6.07) is 6.24. The van der Waals surface area contributed by atoms with Crippen molar-refractivity contribution in [1.29, 1.82) is 0 Å². The van der Waals surface area contributed by atoms with Gasteiger partial charge in [-0.3, -0.25) is 14.6 Å². The molecule has 0 radical (unpaired) electrons. The van der Waals surface area contributed by atoms with Crippen LogP contribution < -0.4 is 4.74 Å². The van der Waals surface area contributed by atoms with Gasteiger partial charge in [-0.05, 0) is 41.9 Å². The number of amides is 2. The largest absolute Gasteiger partial charge is 0.493 e. The van der Waals surface area contributed by atoms with Crippen molar-refractivity contribution < 1.29 is 18.7 Å². The molecule has 2 atom stereocenters. The van der Waals surface area contributed by atoms with Crippen molar-refractivity contribution in [3.63, 3.8) is 0 Å². The quantitative estimate of drug-likeness (QED) is 0.494. The van der Waals surface area contributed by atoms with Crippen molar-refractivity contribution >= 4 is 23.2 Å². The normalized spacial score (nSPS) is 24.6. The Morgan fingerprint density at radius 2 is 1.97 bits per heavy atom. The lowest BCUT2D eigenvalue weighted by molar-refractivity contribution is -0.146. The van der Waals surface area contributed by atoms with E-state index in [1.807, 2.05) is 15.9 Å². The minimum Gasteiger partial charge on any atom is -0.493 e. The Morgan fingerprint density at radius 1 is 1.16 bits per heavy atom. The van der Waals surface area contributed by atoms with Crippen molar-refractivity contribution in [2.45, 2.75) is 45.4 Å². The van der Waals surface area contributed by atoms with Crippen LogP contribution in [0, 0.1) is 16.7 Å². The molecule has 10 heteroatoms. The van der Waals surface area contributed by atoms with Crippen LogP contribution in [0.3, 0.4) is 0 Å². The van der Waals surface area contributed by atoms with E-state index in [9.17, 15) is 9.59 Å². The first kappa shape index (κ1) is 23.8. The number of rotatable bonds is 5. The third kappa shape index (κ3) is 4.00. The molecule has 3 fully saturated rings. The van der Waals surface area contributed by atoms with Crippen LogP contribution in [0.2, 0.25) is 0 Å². The Kier molecular flexibility index (Phi) is 5.41. The Bertz CT molecular complexity index is 1390. The third-order valence-corrected chi connectivity index (χ3v) is 9.58. The summed E-state index contributed by atoms with van der Waals surface area (Å²) in [6.45, 7) is 7.34. The summed E-state index contributed by atoms with van der Waals surface area (Å²) < 4.78 is 12.0. The Balaban J connectivity index is 1.11. The number of ether oxygens (including phenoxy) is 1. The van der Waals surface area contributed by atoms with Crippen molar-refractivity contribution in [1.82, 2.24) is 25.0 Å². The highest BCUT2D eigenvalue weighted by Crippen LogP contribution is 2.55. The number of benzene rings is 1. The molecule has 1 aromatic carbocycles. The van der Waals surface area contributed by atoms with E-state index in [1.54, 1.807) is 11.7 Å². The van der Waals surface area contributed by atoms with E-state index in [2.05, 4.69) is 41.2 Å². The lowest BCUT2D eigenvalue weighted by Crippen LogP contribution is -2.62. The molecule has 4 aliphatic rings. The second-order valence-corrected chi connectivity index (χ2v) is 12.9. The molecular weight excluding hydrogens is 502 g/mol. The molecule has 3 aromatic rings. The summed E-state index contributed by atoms with van der Waals surface area (Å²) in [5.74, 6) is 2.27. The number of fused-ring (bicyclic) bond motifs is 1. The average molecular weight is 534 g/mol. The van der Waals surface area contributed by atoms with Crippen LogP contribution in [-0.2, 0) is 17.6 Å². The first-order valence-electron chi connectivity index (χ1n) is 13.3. The molecule has 9 nitrogen and oxygen atoms in total. The highest BCUT2D eigenvalue weighted by molar-refractivity contribution is 7.11. The molecule has 2 saturated heterocycles. The number of aromatic nitrogens is 3. The van der Waals surface area contributed by atoms with Crippen LogP contribution in [-0.4, -0.2) is 69.6 Å². The van der Waals surface area contributed by atoms with Crippen LogP contribution >= 0.6 is 11.3 Å². The number of hydrogen-bond acceptors (Lipinski definition) is 8. The van der Waals surface area contributed by atoms with Gasteiger partial charge in [-0.1, -0.05) is 26.0 Å². The van der Waals surface area contributed by atoms with Crippen LogP contribution in [0.25, 0.3) is 0 Å². The minimum atomic E-state index is -0.276. The van der Waals surface area contributed by atoms with Crippen LogP contribution in [0.15, 0.2) is 34.3 Å². The average Bonchev–Trinajstić information content (AvgIpc) is 3.40. The van der Waals surface area contributed by atoms with Gasteiger partial charge in [0.15, 0.2) is 0 Å². The van der Waals surface area contributed by atoms with Gasteiger partial charge in [0.25, 0.3) is 5.91 Å². The Hall–Kier alpha value is -3.27. The first-order valence-corrected chi connectivity index (χ1v) is 14.2. The van der Waals surface area contributed by atoms with Gasteiger partial charge < -0.3 is 19.0 Å². The molecule has 3 aliphatic heterocycles. The van der Waals surface area contributed by atoms with Gasteiger partial charge in [0.1, 0.15) is 10.6 Å². The fraction of sp³-hybridized carbons (Fsp3) is 0.536. The number of carbonyl (C=O) groups is 2. The zero-order valence-corrected chi connectivity index (χ0v) is 22.5. The van der Waals surface area contributed by atoms with Gasteiger partial charge in [-0.2, -0.15) is 0 Å². The summed E-state index contributed by atoms with van der Waals surface area (Å²) in [7, 11) is 0. The molecule has 5 heterocycles. The summed E-state index contributed by atoms with van der Waals surface area (Å²) in [5, 5.41) is 8.85. The lowest BCUT2D eigenvalue weighted by atomic mass is 9.71. The molecule has 2 unspecified atom stereocenters. The third-order valence-electron chi connectivity index (χ3n) is 8.82. The topological polar surface area (TPSA) is 102 Å². The monoisotopic (exact) mass is 533 g/mol. The maximum absolute atomic E-state index is 13.2. The van der Waals surface area contributed by atoms with Gasteiger partial charge in [-0.15, -0.1) is 21.5 Å². The summed E-state index contributed by atoms with van der Waals surface area (Å²) in [6.07, 6.45) is 5.15. The maximum Gasteiger partial charge on any atom is 0.265 e. The van der Waals surface area contributed by atoms with Crippen molar-refractivity contribution in [2.75, 3.05) is 32.8 Å². The van der Waals surface area contributed by atoms with Gasteiger partial charge in [0.05, 0.1) is 30.7 Å². The van der Waals surface area contributed by atoms with Gasteiger partial charge in [0.2, 0.25) is 17.7 Å². The minimum absolute atomic E-state index is 0.0292. The van der Waals surface area contributed by atoms with Gasteiger partial charge in [0, 0.05) is 37.5 Å². The number of thiazole rings is 1. The number of likely N-dealkylation sites (tertiary alicyclic amines) is 2. The van der Waals surface area contributed by atoms with Crippen LogP contribution in [0.5, 0.6) is 5.75 Å². The zero-order valence-electron chi connectivity index (χ0n) is 21.7. The number of carbonyl (C=O) groups excluding carboxylic acids is 2. The molecule has 2 amide bonds.